The van der Waals surface area contributed by atoms with E-state index < -0.39 is 0 Å². The minimum atomic E-state index is -0.335. The second kappa shape index (κ2) is 7.59. The lowest BCUT2D eigenvalue weighted by atomic mass is 10.1. The average molecular weight is 390 g/mol. The molecule has 29 heavy (non-hydrogen) atoms. The minimum Gasteiger partial charge on any atom is -0.377 e. The summed E-state index contributed by atoms with van der Waals surface area (Å²) in [5.41, 5.74) is 2.87. The topological polar surface area (TPSA) is 65.5 Å². The summed E-state index contributed by atoms with van der Waals surface area (Å²) in [6.07, 6.45) is 6.29. The minimum absolute atomic E-state index is 0.314. The van der Waals surface area contributed by atoms with Gasteiger partial charge in [0.15, 0.2) is 0 Å². The van der Waals surface area contributed by atoms with Crippen LogP contribution < -0.4 is 21.1 Å². The smallest absolute Gasteiger partial charge is 0.253 e. The molecule has 1 saturated carbocycles. The largest absolute Gasteiger partial charge is 0.377 e. The van der Waals surface area contributed by atoms with E-state index in [0.717, 1.165) is 63.9 Å². The van der Waals surface area contributed by atoms with Gasteiger partial charge in [-0.15, -0.1) is 0 Å². The molecule has 0 unspecified atom stereocenters. The molecule has 0 amide bonds. The van der Waals surface area contributed by atoms with Gasteiger partial charge in [-0.05, 0) is 49.9 Å². The lowest BCUT2D eigenvalue weighted by molar-refractivity contribution is 0.255. The van der Waals surface area contributed by atoms with E-state index in [0.29, 0.717) is 17.4 Å². The number of pyridine rings is 1. The van der Waals surface area contributed by atoms with Crippen LogP contribution in [0.2, 0.25) is 0 Å². The van der Waals surface area contributed by atoms with E-state index in [-0.39, 0.29) is 10.9 Å². The highest BCUT2D eigenvalue weighted by Crippen LogP contribution is 2.29. The summed E-state index contributed by atoms with van der Waals surface area (Å²) in [7, 11) is 0. The molecule has 150 valence electrons. The zero-order valence-corrected chi connectivity index (χ0v) is 16.6. The van der Waals surface area contributed by atoms with Crippen molar-refractivity contribution in [1.82, 2.24) is 9.88 Å². The van der Waals surface area contributed by atoms with Gasteiger partial charge < -0.3 is 10.2 Å². The number of hydrogen-bond donors (Lipinski definition) is 1. The Labute approximate surface area is 169 Å². The summed E-state index contributed by atoms with van der Waals surface area (Å²) in [5, 5.41) is 4.44. The molecule has 2 aliphatic rings. The fourth-order valence-corrected chi connectivity index (χ4v) is 4.20. The van der Waals surface area contributed by atoms with E-state index in [2.05, 4.69) is 38.3 Å². The zero-order valence-electron chi connectivity index (χ0n) is 16.6. The Balaban J connectivity index is 1.12. The molecule has 0 radical (unpaired) electrons. The molecule has 0 atom stereocenters. The molecule has 1 N–H and O–H groups in total. The first kappa shape index (κ1) is 18.3. The summed E-state index contributed by atoms with van der Waals surface area (Å²) in [6.45, 7) is 4.51. The van der Waals surface area contributed by atoms with Crippen LogP contribution in [0, 0.1) is 0 Å². The number of para-hydroxylation sites is 1. The predicted molar refractivity (Wildman–Crippen MR) is 117 cm³/mol. The molecule has 2 heterocycles. The van der Waals surface area contributed by atoms with Gasteiger partial charge in [-0.1, -0.05) is 18.2 Å². The van der Waals surface area contributed by atoms with Gasteiger partial charge in [-0.25, -0.2) is 0 Å². The SMILES string of the molecule is O=c1c(NC2CC2)c(N2CCN(CCCc3cnc4ccccc4c3)CC2)c1=O. The Hall–Kier alpha value is -2.73. The first-order valence-corrected chi connectivity index (χ1v) is 10.6. The van der Waals surface area contributed by atoms with Crippen LogP contribution >= 0.6 is 0 Å². The Kier molecular flexibility index (Phi) is 4.79. The zero-order chi connectivity index (χ0) is 19.8. The van der Waals surface area contributed by atoms with Crippen molar-refractivity contribution in [3.63, 3.8) is 0 Å². The van der Waals surface area contributed by atoms with Gasteiger partial charge in [-0.2, -0.15) is 0 Å². The van der Waals surface area contributed by atoms with Gasteiger partial charge in [0.05, 0.1) is 5.52 Å². The van der Waals surface area contributed by atoms with Crippen LogP contribution in [-0.4, -0.2) is 48.6 Å². The summed E-state index contributed by atoms with van der Waals surface area (Å²) in [4.78, 5) is 33.0. The van der Waals surface area contributed by atoms with Gasteiger partial charge in [0.25, 0.3) is 10.9 Å². The molecule has 1 aliphatic carbocycles. The molecule has 1 aliphatic heterocycles. The Bertz CT molecular complexity index is 1090. The van der Waals surface area contributed by atoms with E-state index in [4.69, 9.17) is 0 Å². The van der Waals surface area contributed by atoms with Crippen LogP contribution in [0.25, 0.3) is 10.9 Å². The predicted octanol–water partition coefficient (Wildman–Crippen LogP) is 2.16. The number of aromatic nitrogens is 1. The highest BCUT2D eigenvalue weighted by Gasteiger charge is 2.32. The van der Waals surface area contributed by atoms with Crippen LogP contribution in [-0.2, 0) is 6.42 Å². The molecule has 3 aromatic rings. The van der Waals surface area contributed by atoms with Crippen LogP contribution in [0.4, 0.5) is 11.4 Å². The van der Waals surface area contributed by atoms with Crippen LogP contribution in [0.15, 0.2) is 46.1 Å². The normalized spacial score (nSPS) is 17.9. The molecule has 2 aromatic carbocycles. The first-order chi connectivity index (χ1) is 14.2. The van der Waals surface area contributed by atoms with Crippen molar-refractivity contribution < 1.29 is 0 Å². The van der Waals surface area contributed by atoms with E-state index in [1.54, 1.807) is 0 Å². The number of aryl methyl sites for hydroxylation is 1. The molecule has 6 nitrogen and oxygen atoms in total. The maximum absolute atomic E-state index is 12.1. The van der Waals surface area contributed by atoms with Crippen molar-refractivity contribution in [1.29, 1.82) is 0 Å². The maximum atomic E-state index is 12.1. The number of benzene rings is 1. The summed E-state index contributed by atoms with van der Waals surface area (Å²) >= 11 is 0. The summed E-state index contributed by atoms with van der Waals surface area (Å²) < 4.78 is 0. The van der Waals surface area contributed by atoms with E-state index in [9.17, 15) is 9.59 Å². The molecule has 6 heteroatoms. The highest BCUT2D eigenvalue weighted by molar-refractivity contribution is 5.78. The third-order valence-electron chi connectivity index (χ3n) is 6.09. The van der Waals surface area contributed by atoms with Crippen molar-refractivity contribution in [3.8, 4) is 0 Å². The Morgan fingerprint density at radius 3 is 2.62 bits per heavy atom. The second-order valence-electron chi connectivity index (χ2n) is 8.27. The third kappa shape index (κ3) is 3.77. The van der Waals surface area contributed by atoms with Crippen LogP contribution in [0.3, 0.4) is 0 Å². The molecule has 0 bridgehead atoms. The number of piperazine rings is 1. The average Bonchev–Trinajstić information content (AvgIpc) is 3.58. The third-order valence-corrected chi connectivity index (χ3v) is 6.09. The Morgan fingerprint density at radius 2 is 1.83 bits per heavy atom. The van der Waals surface area contributed by atoms with Crippen molar-refractivity contribution >= 4 is 22.3 Å². The molecular formula is C23H26N4O2. The molecule has 1 aromatic heterocycles. The standard InChI is InChI=1S/C23H26N4O2/c28-22-20(25-18-7-8-18)21(23(22)29)27-12-10-26(11-13-27)9-3-4-16-14-17-5-1-2-6-19(17)24-15-16/h1-2,5-6,14-15,18,25H,3-4,7-13H2. The number of fused-ring (bicyclic) bond motifs is 1. The van der Waals surface area contributed by atoms with E-state index >= 15 is 0 Å². The fourth-order valence-electron chi connectivity index (χ4n) is 4.20. The molecule has 0 spiro atoms. The number of anilines is 2. The van der Waals surface area contributed by atoms with Gasteiger partial charge in [0.1, 0.15) is 11.4 Å². The fraction of sp³-hybridized carbons (Fsp3) is 0.435. The van der Waals surface area contributed by atoms with E-state index in [1.165, 1.54) is 10.9 Å². The second-order valence-corrected chi connectivity index (χ2v) is 8.27. The summed E-state index contributed by atoms with van der Waals surface area (Å²) in [6, 6.07) is 10.8. The van der Waals surface area contributed by atoms with Crippen LogP contribution in [0.1, 0.15) is 24.8 Å². The maximum Gasteiger partial charge on any atom is 0.253 e. The number of hydrogen-bond acceptors (Lipinski definition) is 6. The van der Waals surface area contributed by atoms with E-state index in [1.807, 2.05) is 18.3 Å². The number of nitrogens with zero attached hydrogens (tertiary/aromatic N) is 3. The van der Waals surface area contributed by atoms with Gasteiger partial charge in [-0.3, -0.25) is 19.5 Å². The monoisotopic (exact) mass is 390 g/mol. The molecule has 2 fully saturated rings. The Morgan fingerprint density at radius 1 is 1.03 bits per heavy atom. The number of nitrogens with one attached hydrogen (secondary N) is 1. The quantitative estimate of drug-likeness (QED) is 0.624. The van der Waals surface area contributed by atoms with Crippen molar-refractivity contribution in [2.75, 3.05) is 42.9 Å². The first-order valence-electron chi connectivity index (χ1n) is 10.6. The lowest BCUT2D eigenvalue weighted by Gasteiger charge is -2.37. The lowest BCUT2D eigenvalue weighted by Crippen LogP contribution is -2.51. The van der Waals surface area contributed by atoms with Crippen molar-refractivity contribution in [3.05, 3.63) is 62.5 Å². The molecule has 5 rings (SSSR count). The number of rotatable bonds is 7. The van der Waals surface area contributed by atoms with Crippen molar-refractivity contribution in [2.45, 2.75) is 31.7 Å². The molecular weight excluding hydrogens is 364 g/mol. The van der Waals surface area contributed by atoms with Crippen molar-refractivity contribution in [2.24, 2.45) is 0 Å². The van der Waals surface area contributed by atoms with Crippen LogP contribution in [0.5, 0.6) is 0 Å². The highest BCUT2D eigenvalue weighted by atomic mass is 16.2. The van der Waals surface area contributed by atoms with Gasteiger partial charge >= 0.3 is 0 Å². The van der Waals surface area contributed by atoms with Gasteiger partial charge in [0.2, 0.25) is 0 Å². The molecule has 1 saturated heterocycles. The summed E-state index contributed by atoms with van der Waals surface area (Å²) in [5.74, 6) is 0. The van der Waals surface area contributed by atoms with Gasteiger partial charge in [0, 0.05) is 43.8 Å².